The Balaban J connectivity index is 2.17. The third-order valence-corrected chi connectivity index (χ3v) is 5.30. The first kappa shape index (κ1) is 14.7. The zero-order valence-electron chi connectivity index (χ0n) is 12.9. The maximum absolute atomic E-state index is 11.8. The largest absolute Gasteiger partial charge is 0.465 e. The van der Waals surface area contributed by atoms with E-state index in [1.165, 1.54) is 7.11 Å². The number of nitrogens with two attached hydrogens (primary N) is 1. The fraction of sp³-hybridized carbons (Fsp3) is 0.562. The van der Waals surface area contributed by atoms with Gasteiger partial charge in [-0.05, 0) is 28.9 Å². The van der Waals surface area contributed by atoms with Gasteiger partial charge >= 0.3 is 5.97 Å². The molecule has 20 heavy (non-hydrogen) atoms. The minimum Gasteiger partial charge on any atom is -0.465 e. The van der Waals surface area contributed by atoms with Gasteiger partial charge in [-0.2, -0.15) is 0 Å². The van der Waals surface area contributed by atoms with Gasteiger partial charge in [-0.25, -0.2) is 4.79 Å². The SMILES string of the molecule is COC(=O)c1cccc(N)c1NCC1C(C)(C)C1(C)C. The summed E-state index contributed by atoms with van der Waals surface area (Å²) in [5.74, 6) is 0.189. The molecule has 0 atom stereocenters. The third-order valence-electron chi connectivity index (χ3n) is 5.30. The van der Waals surface area contributed by atoms with Gasteiger partial charge < -0.3 is 15.8 Å². The number of carbonyl (C=O) groups is 1. The molecule has 1 saturated carbocycles. The number of rotatable bonds is 4. The molecule has 3 N–H and O–H groups in total. The topological polar surface area (TPSA) is 64.3 Å². The molecule has 1 fully saturated rings. The summed E-state index contributed by atoms with van der Waals surface area (Å²) in [7, 11) is 1.38. The smallest absolute Gasteiger partial charge is 0.340 e. The second-order valence-corrected chi connectivity index (χ2v) is 6.64. The number of hydrogen-bond acceptors (Lipinski definition) is 4. The molecule has 0 unspecified atom stereocenters. The summed E-state index contributed by atoms with van der Waals surface area (Å²) in [6, 6.07) is 5.28. The molecular formula is C16H24N2O2. The van der Waals surface area contributed by atoms with Crippen molar-refractivity contribution in [2.45, 2.75) is 27.7 Å². The summed E-state index contributed by atoms with van der Waals surface area (Å²) in [5.41, 5.74) is 8.33. The molecule has 0 radical (unpaired) electrons. The van der Waals surface area contributed by atoms with E-state index in [0.29, 0.717) is 33.7 Å². The average Bonchev–Trinajstić information content (AvgIpc) is 2.77. The average molecular weight is 276 g/mol. The number of carbonyl (C=O) groups excluding carboxylic acids is 1. The molecule has 2 rings (SSSR count). The molecule has 0 aromatic heterocycles. The van der Waals surface area contributed by atoms with E-state index in [1.54, 1.807) is 18.2 Å². The van der Waals surface area contributed by atoms with Gasteiger partial charge in [-0.3, -0.25) is 0 Å². The van der Waals surface area contributed by atoms with E-state index in [-0.39, 0.29) is 5.97 Å². The molecule has 4 heteroatoms. The predicted octanol–water partition coefficient (Wildman–Crippen LogP) is 3.15. The number of esters is 1. The van der Waals surface area contributed by atoms with E-state index in [0.717, 1.165) is 6.54 Å². The number of para-hydroxylation sites is 1. The zero-order valence-corrected chi connectivity index (χ0v) is 12.9. The minimum atomic E-state index is -0.367. The number of ether oxygens (including phenoxy) is 1. The maximum atomic E-state index is 11.8. The summed E-state index contributed by atoms with van der Waals surface area (Å²) < 4.78 is 4.80. The van der Waals surface area contributed by atoms with Crippen molar-refractivity contribution in [3.63, 3.8) is 0 Å². The molecular weight excluding hydrogens is 252 g/mol. The van der Waals surface area contributed by atoms with Gasteiger partial charge in [0.1, 0.15) is 0 Å². The van der Waals surface area contributed by atoms with Crippen LogP contribution in [0.4, 0.5) is 11.4 Å². The van der Waals surface area contributed by atoms with Crippen LogP contribution in [-0.4, -0.2) is 19.6 Å². The van der Waals surface area contributed by atoms with Gasteiger partial charge in [-0.15, -0.1) is 0 Å². The molecule has 1 aromatic carbocycles. The molecule has 0 heterocycles. The first-order chi connectivity index (χ1) is 9.23. The molecule has 0 saturated heterocycles. The number of benzene rings is 1. The number of nitrogens with one attached hydrogen (secondary N) is 1. The van der Waals surface area contributed by atoms with Crippen LogP contribution < -0.4 is 11.1 Å². The maximum Gasteiger partial charge on any atom is 0.340 e. The van der Waals surface area contributed by atoms with Crippen LogP contribution in [0.15, 0.2) is 18.2 Å². The van der Waals surface area contributed by atoms with Crippen LogP contribution in [-0.2, 0) is 4.74 Å². The lowest BCUT2D eigenvalue weighted by Gasteiger charge is -2.14. The summed E-state index contributed by atoms with van der Waals surface area (Å²) in [4.78, 5) is 11.8. The van der Waals surface area contributed by atoms with Crippen LogP contribution in [0, 0.1) is 16.7 Å². The zero-order chi connectivity index (χ0) is 15.1. The van der Waals surface area contributed by atoms with Crippen molar-refractivity contribution in [1.29, 1.82) is 0 Å². The van der Waals surface area contributed by atoms with E-state index in [9.17, 15) is 4.79 Å². The minimum absolute atomic E-state index is 0.301. The molecule has 0 bridgehead atoms. The molecule has 1 aromatic rings. The van der Waals surface area contributed by atoms with Crippen LogP contribution in [0.5, 0.6) is 0 Å². The van der Waals surface area contributed by atoms with Gasteiger partial charge in [0.15, 0.2) is 0 Å². The summed E-state index contributed by atoms with van der Waals surface area (Å²) in [5, 5.41) is 3.34. The van der Waals surface area contributed by atoms with Gasteiger partial charge in [0.05, 0.1) is 24.0 Å². The summed E-state index contributed by atoms with van der Waals surface area (Å²) in [6.45, 7) is 9.89. The number of anilines is 2. The Labute approximate surface area is 120 Å². The van der Waals surface area contributed by atoms with Gasteiger partial charge in [-0.1, -0.05) is 33.8 Å². The van der Waals surface area contributed by atoms with E-state index < -0.39 is 0 Å². The molecule has 1 aliphatic carbocycles. The van der Waals surface area contributed by atoms with Crippen molar-refractivity contribution >= 4 is 17.3 Å². The Bertz CT molecular complexity index is 521. The van der Waals surface area contributed by atoms with Crippen molar-refractivity contribution in [3.05, 3.63) is 23.8 Å². The fourth-order valence-corrected chi connectivity index (χ4v) is 3.10. The second kappa shape index (κ2) is 4.69. The van der Waals surface area contributed by atoms with Crippen molar-refractivity contribution in [2.75, 3.05) is 24.7 Å². The molecule has 1 aliphatic rings. The van der Waals surface area contributed by atoms with Crippen molar-refractivity contribution < 1.29 is 9.53 Å². The third kappa shape index (κ3) is 2.13. The lowest BCUT2D eigenvalue weighted by molar-refractivity contribution is 0.0602. The standard InChI is InChI=1S/C16H24N2O2/c1-15(2)12(16(15,3)4)9-18-13-10(14(19)20-5)7-6-8-11(13)17/h6-8,12,18H,9,17H2,1-5H3. The highest BCUT2D eigenvalue weighted by Crippen LogP contribution is 2.68. The summed E-state index contributed by atoms with van der Waals surface area (Å²) >= 11 is 0. The van der Waals surface area contributed by atoms with Crippen molar-refractivity contribution in [1.82, 2.24) is 0 Å². The van der Waals surface area contributed by atoms with E-state index in [1.807, 2.05) is 0 Å². The lowest BCUT2D eigenvalue weighted by atomic mass is 10.0. The molecule has 0 amide bonds. The highest BCUT2D eigenvalue weighted by atomic mass is 16.5. The van der Waals surface area contributed by atoms with Gasteiger partial charge in [0.25, 0.3) is 0 Å². The normalized spacial score (nSPS) is 19.4. The second-order valence-electron chi connectivity index (χ2n) is 6.64. The van der Waals surface area contributed by atoms with E-state index in [4.69, 9.17) is 10.5 Å². The van der Waals surface area contributed by atoms with Crippen LogP contribution in [0.3, 0.4) is 0 Å². The Morgan fingerprint density at radius 1 is 1.30 bits per heavy atom. The lowest BCUT2D eigenvalue weighted by Crippen LogP contribution is -2.14. The highest BCUT2D eigenvalue weighted by Gasteiger charge is 2.64. The predicted molar refractivity (Wildman–Crippen MR) is 81.7 cm³/mol. The Hall–Kier alpha value is -1.71. The van der Waals surface area contributed by atoms with Gasteiger partial charge in [0, 0.05) is 6.54 Å². The van der Waals surface area contributed by atoms with E-state index >= 15 is 0 Å². The summed E-state index contributed by atoms with van der Waals surface area (Å²) in [6.07, 6.45) is 0. The van der Waals surface area contributed by atoms with E-state index in [2.05, 4.69) is 33.0 Å². The molecule has 4 nitrogen and oxygen atoms in total. The van der Waals surface area contributed by atoms with Crippen LogP contribution in [0.2, 0.25) is 0 Å². The Kier molecular flexibility index (Phi) is 3.44. The molecule has 110 valence electrons. The first-order valence-electron chi connectivity index (χ1n) is 6.94. The molecule has 0 aliphatic heterocycles. The van der Waals surface area contributed by atoms with Crippen molar-refractivity contribution in [3.8, 4) is 0 Å². The Morgan fingerprint density at radius 2 is 1.90 bits per heavy atom. The van der Waals surface area contributed by atoms with Gasteiger partial charge in [0.2, 0.25) is 0 Å². The van der Waals surface area contributed by atoms with Crippen LogP contribution >= 0.6 is 0 Å². The van der Waals surface area contributed by atoms with Crippen molar-refractivity contribution in [2.24, 2.45) is 16.7 Å². The first-order valence-corrected chi connectivity index (χ1v) is 6.94. The van der Waals surface area contributed by atoms with Crippen LogP contribution in [0.25, 0.3) is 0 Å². The quantitative estimate of drug-likeness (QED) is 0.655. The Morgan fingerprint density at radius 3 is 2.40 bits per heavy atom. The monoisotopic (exact) mass is 276 g/mol. The fourth-order valence-electron chi connectivity index (χ4n) is 3.10. The number of methoxy groups -OCH3 is 1. The number of hydrogen-bond donors (Lipinski definition) is 2. The highest BCUT2D eigenvalue weighted by molar-refractivity contribution is 5.98. The number of nitrogen functional groups attached to an aromatic ring is 1. The molecule has 0 spiro atoms. The van der Waals surface area contributed by atoms with Crippen LogP contribution in [0.1, 0.15) is 38.1 Å².